The highest BCUT2D eigenvalue weighted by Crippen LogP contribution is 2.57. The minimum absolute atomic E-state index is 0.0175. The smallest absolute Gasteiger partial charge is 0.255 e. The van der Waals surface area contributed by atoms with Crippen molar-refractivity contribution >= 4 is 5.91 Å². The lowest BCUT2D eigenvalue weighted by Gasteiger charge is -2.65. The topological polar surface area (TPSA) is 67.6 Å². The SMILES string of the molecule is CC1(C)C2OCCCC2C1(N)C(=O)NN1CCCCC1. The molecule has 2 saturated heterocycles. The van der Waals surface area contributed by atoms with E-state index in [9.17, 15) is 4.79 Å². The van der Waals surface area contributed by atoms with Gasteiger partial charge in [0.2, 0.25) is 0 Å². The fourth-order valence-electron chi connectivity index (χ4n) is 4.28. The molecule has 114 valence electrons. The van der Waals surface area contributed by atoms with Crippen molar-refractivity contribution in [3.63, 3.8) is 0 Å². The number of hydrogen-bond donors (Lipinski definition) is 2. The monoisotopic (exact) mass is 281 g/mol. The number of nitrogens with two attached hydrogens (primary N) is 1. The summed E-state index contributed by atoms with van der Waals surface area (Å²) in [6.07, 6.45) is 5.69. The van der Waals surface area contributed by atoms with Gasteiger partial charge < -0.3 is 10.5 Å². The summed E-state index contributed by atoms with van der Waals surface area (Å²) >= 11 is 0. The van der Waals surface area contributed by atoms with Crippen LogP contribution >= 0.6 is 0 Å². The molecule has 3 atom stereocenters. The summed E-state index contributed by atoms with van der Waals surface area (Å²) in [6.45, 7) is 6.80. The summed E-state index contributed by atoms with van der Waals surface area (Å²) in [6, 6.07) is 0. The standard InChI is InChI=1S/C15H27N3O2/c1-14(2)12-11(7-6-10-20-12)15(14,16)13(19)17-18-8-4-3-5-9-18/h11-12H,3-10,16H2,1-2H3,(H,17,19). The molecule has 0 radical (unpaired) electrons. The second-order valence-corrected chi connectivity index (χ2v) is 7.12. The van der Waals surface area contributed by atoms with Gasteiger partial charge in [-0.25, -0.2) is 5.01 Å². The Morgan fingerprint density at radius 2 is 1.95 bits per heavy atom. The first-order valence-electron chi connectivity index (χ1n) is 7.94. The third-order valence-electron chi connectivity index (χ3n) is 5.68. The van der Waals surface area contributed by atoms with Crippen molar-refractivity contribution in [1.29, 1.82) is 0 Å². The molecule has 1 aliphatic carbocycles. The summed E-state index contributed by atoms with van der Waals surface area (Å²) < 4.78 is 5.85. The van der Waals surface area contributed by atoms with Crippen molar-refractivity contribution in [1.82, 2.24) is 10.4 Å². The van der Waals surface area contributed by atoms with Crippen LogP contribution < -0.4 is 11.2 Å². The van der Waals surface area contributed by atoms with Crippen LogP contribution in [0.3, 0.4) is 0 Å². The Hall–Kier alpha value is -0.650. The largest absolute Gasteiger partial charge is 0.377 e. The molecule has 3 N–H and O–H groups in total. The maximum absolute atomic E-state index is 12.8. The second-order valence-electron chi connectivity index (χ2n) is 7.12. The van der Waals surface area contributed by atoms with Gasteiger partial charge in [-0.1, -0.05) is 20.3 Å². The Labute approximate surface area is 121 Å². The highest BCUT2D eigenvalue weighted by atomic mass is 16.5. The second kappa shape index (κ2) is 4.97. The van der Waals surface area contributed by atoms with Gasteiger partial charge in [0.05, 0.1) is 6.10 Å². The Kier molecular flexibility index (Phi) is 3.55. The normalized spacial score (nSPS) is 40.5. The predicted octanol–water partition coefficient (Wildman–Crippen LogP) is 1.04. The Bertz CT molecular complexity index is 393. The molecule has 2 aliphatic heterocycles. The van der Waals surface area contributed by atoms with Crippen LogP contribution in [-0.2, 0) is 9.53 Å². The third kappa shape index (κ3) is 1.90. The van der Waals surface area contributed by atoms with Crippen LogP contribution in [0.2, 0.25) is 0 Å². The Balaban J connectivity index is 1.71. The molecule has 5 heteroatoms. The van der Waals surface area contributed by atoms with Gasteiger partial charge in [0, 0.05) is 31.0 Å². The van der Waals surface area contributed by atoms with E-state index in [4.69, 9.17) is 10.5 Å². The lowest BCUT2D eigenvalue weighted by atomic mass is 9.46. The van der Waals surface area contributed by atoms with Gasteiger partial charge in [-0.15, -0.1) is 0 Å². The number of rotatable bonds is 2. The van der Waals surface area contributed by atoms with E-state index >= 15 is 0 Å². The van der Waals surface area contributed by atoms with E-state index in [1.807, 2.05) is 5.01 Å². The van der Waals surface area contributed by atoms with Crippen LogP contribution in [0.25, 0.3) is 0 Å². The van der Waals surface area contributed by atoms with Gasteiger partial charge >= 0.3 is 0 Å². The first-order valence-corrected chi connectivity index (χ1v) is 7.94. The van der Waals surface area contributed by atoms with Crippen LogP contribution in [0.15, 0.2) is 0 Å². The summed E-state index contributed by atoms with van der Waals surface area (Å²) in [5, 5.41) is 2.04. The van der Waals surface area contributed by atoms with Crippen molar-refractivity contribution in [2.45, 2.75) is 57.6 Å². The fraction of sp³-hybridized carbons (Fsp3) is 0.933. The molecule has 1 amide bonds. The molecule has 3 unspecified atom stereocenters. The number of carbonyl (C=O) groups excluding carboxylic acids is 1. The lowest BCUT2D eigenvalue weighted by Crippen LogP contribution is -2.83. The summed E-state index contributed by atoms with van der Waals surface area (Å²) in [7, 11) is 0. The lowest BCUT2D eigenvalue weighted by molar-refractivity contribution is -0.227. The molecule has 0 aromatic rings. The number of piperidine rings is 1. The van der Waals surface area contributed by atoms with Gasteiger partial charge in [0.25, 0.3) is 5.91 Å². The zero-order chi connectivity index (χ0) is 14.4. The minimum atomic E-state index is -0.796. The van der Waals surface area contributed by atoms with Crippen molar-refractivity contribution in [3.05, 3.63) is 0 Å². The van der Waals surface area contributed by atoms with Crippen LogP contribution in [0.1, 0.15) is 46.0 Å². The number of hydrogen-bond acceptors (Lipinski definition) is 4. The molecule has 0 aromatic heterocycles. The zero-order valence-corrected chi connectivity index (χ0v) is 12.7. The van der Waals surface area contributed by atoms with E-state index < -0.39 is 5.54 Å². The molecule has 3 rings (SSSR count). The summed E-state index contributed by atoms with van der Waals surface area (Å²) in [4.78, 5) is 12.8. The average Bonchev–Trinajstić information content (AvgIpc) is 2.47. The molecule has 20 heavy (non-hydrogen) atoms. The Morgan fingerprint density at radius 1 is 1.25 bits per heavy atom. The van der Waals surface area contributed by atoms with Gasteiger partial charge in [0.1, 0.15) is 5.54 Å². The van der Waals surface area contributed by atoms with Gasteiger partial charge in [-0.2, -0.15) is 0 Å². The number of fused-ring (bicyclic) bond motifs is 1. The highest BCUT2D eigenvalue weighted by molar-refractivity contribution is 5.89. The first-order chi connectivity index (χ1) is 9.48. The van der Waals surface area contributed by atoms with E-state index in [0.717, 1.165) is 45.4 Å². The van der Waals surface area contributed by atoms with Crippen LogP contribution in [0.5, 0.6) is 0 Å². The van der Waals surface area contributed by atoms with Gasteiger partial charge in [-0.05, 0) is 25.7 Å². The molecular weight excluding hydrogens is 254 g/mol. The van der Waals surface area contributed by atoms with Gasteiger partial charge in [-0.3, -0.25) is 10.2 Å². The molecule has 3 aliphatic rings. The number of nitrogens with one attached hydrogen (secondary N) is 1. The van der Waals surface area contributed by atoms with Crippen LogP contribution in [0, 0.1) is 11.3 Å². The zero-order valence-electron chi connectivity index (χ0n) is 12.7. The van der Waals surface area contributed by atoms with Crippen LogP contribution in [-0.4, -0.2) is 42.3 Å². The van der Waals surface area contributed by atoms with E-state index in [-0.39, 0.29) is 23.3 Å². The Morgan fingerprint density at radius 3 is 2.65 bits per heavy atom. The van der Waals surface area contributed by atoms with Crippen molar-refractivity contribution < 1.29 is 9.53 Å². The van der Waals surface area contributed by atoms with E-state index in [1.54, 1.807) is 0 Å². The maximum atomic E-state index is 12.8. The quantitative estimate of drug-likeness (QED) is 0.793. The van der Waals surface area contributed by atoms with Crippen LogP contribution in [0.4, 0.5) is 0 Å². The number of hydrazine groups is 1. The molecule has 5 nitrogen and oxygen atoms in total. The molecule has 1 saturated carbocycles. The van der Waals surface area contributed by atoms with E-state index in [2.05, 4.69) is 19.3 Å². The van der Waals surface area contributed by atoms with Gasteiger partial charge in [0.15, 0.2) is 0 Å². The number of nitrogens with zero attached hydrogens (tertiary/aromatic N) is 1. The number of amides is 1. The number of carbonyl (C=O) groups is 1. The highest BCUT2D eigenvalue weighted by Gasteiger charge is 2.70. The third-order valence-corrected chi connectivity index (χ3v) is 5.68. The maximum Gasteiger partial charge on any atom is 0.255 e. The molecule has 3 fully saturated rings. The predicted molar refractivity (Wildman–Crippen MR) is 76.7 cm³/mol. The van der Waals surface area contributed by atoms with Crippen molar-refractivity contribution in [2.75, 3.05) is 19.7 Å². The molecule has 2 heterocycles. The molecule has 0 aromatic carbocycles. The minimum Gasteiger partial charge on any atom is -0.377 e. The number of ether oxygens (including phenoxy) is 1. The van der Waals surface area contributed by atoms with Crippen molar-refractivity contribution in [3.8, 4) is 0 Å². The fourth-order valence-corrected chi connectivity index (χ4v) is 4.28. The van der Waals surface area contributed by atoms with E-state index in [1.165, 1.54) is 6.42 Å². The summed E-state index contributed by atoms with van der Waals surface area (Å²) in [5.41, 5.74) is 8.55. The first kappa shape index (κ1) is 14.3. The average molecular weight is 281 g/mol. The molecular formula is C15H27N3O2. The molecule has 0 spiro atoms. The van der Waals surface area contributed by atoms with E-state index in [0.29, 0.717) is 0 Å². The summed E-state index contributed by atoms with van der Waals surface area (Å²) in [5.74, 6) is 0.146. The molecule has 0 bridgehead atoms. The van der Waals surface area contributed by atoms with Crippen molar-refractivity contribution in [2.24, 2.45) is 17.1 Å².